The van der Waals surface area contributed by atoms with Crippen LogP contribution in [0.2, 0.25) is 5.02 Å². The van der Waals surface area contributed by atoms with Crippen molar-refractivity contribution in [2.45, 2.75) is 32.4 Å². The highest BCUT2D eigenvalue weighted by molar-refractivity contribution is 6.30. The Morgan fingerprint density at radius 3 is 2.77 bits per heavy atom. The summed E-state index contributed by atoms with van der Waals surface area (Å²) in [7, 11) is 1.74. The zero-order chi connectivity index (χ0) is 21.7. The molecule has 1 saturated heterocycles. The van der Waals surface area contributed by atoms with Crippen LogP contribution in [0.15, 0.2) is 42.5 Å². The van der Waals surface area contributed by atoms with Gasteiger partial charge in [-0.1, -0.05) is 17.7 Å². The molecule has 0 aliphatic carbocycles. The number of nitrogens with zero attached hydrogens (tertiary/aromatic N) is 2. The molecule has 3 rings (SSSR count). The van der Waals surface area contributed by atoms with Gasteiger partial charge in [-0.3, -0.25) is 14.5 Å². The van der Waals surface area contributed by atoms with Gasteiger partial charge >= 0.3 is 0 Å². The van der Waals surface area contributed by atoms with Crippen molar-refractivity contribution in [3.05, 3.63) is 64.2 Å². The van der Waals surface area contributed by atoms with Crippen LogP contribution in [-0.4, -0.2) is 59.4 Å². The first-order valence-corrected chi connectivity index (χ1v) is 10.6. The number of rotatable bonds is 6. The summed E-state index contributed by atoms with van der Waals surface area (Å²) in [6, 6.07) is 11.9. The van der Waals surface area contributed by atoms with Gasteiger partial charge in [0.05, 0.1) is 0 Å². The maximum Gasteiger partial charge on any atom is 0.253 e. The fourth-order valence-electron chi connectivity index (χ4n) is 3.66. The molecule has 6 nitrogen and oxygen atoms in total. The third kappa shape index (κ3) is 5.52. The van der Waals surface area contributed by atoms with Gasteiger partial charge in [0.1, 0.15) is 5.75 Å². The van der Waals surface area contributed by atoms with Crippen LogP contribution in [0, 0.1) is 0 Å². The van der Waals surface area contributed by atoms with Gasteiger partial charge in [-0.05, 0) is 62.7 Å². The summed E-state index contributed by atoms with van der Waals surface area (Å²) in [5.74, 6) is -0.0531. The number of aromatic hydroxyl groups is 1. The van der Waals surface area contributed by atoms with Crippen LogP contribution in [0.1, 0.15) is 46.0 Å². The highest BCUT2D eigenvalue weighted by Gasteiger charge is 2.23. The van der Waals surface area contributed by atoms with Crippen LogP contribution in [0.25, 0.3) is 0 Å². The van der Waals surface area contributed by atoms with Gasteiger partial charge in [0, 0.05) is 54.4 Å². The summed E-state index contributed by atoms with van der Waals surface area (Å²) >= 11 is 6.05. The van der Waals surface area contributed by atoms with E-state index in [0.29, 0.717) is 35.8 Å². The Hall–Kier alpha value is -2.57. The molecule has 1 fully saturated rings. The summed E-state index contributed by atoms with van der Waals surface area (Å²) in [5, 5.41) is 13.7. The van der Waals surface area contributed by atoms with Crippen LogP contribution < -0.4 is 5.32 Å². The Kier molecular flexibility index (Phi) is 7.34. The first-order chi connectivity index (χ1) is 14.4. The smallest absolute Gasteiger partial charge is 0.253 e. The van der Waals surface area contributed by atoms with Gasteiger partial charge in [0.15, 0.2) is 0 Å². The molecule has 0 unspecified atom stereocenters. The molecule has 1 atom stereocenters. The van der Waals surface area contributed by atoms with Crippen LogP contribution in [0.5, 0.6) is 5.75 Å². The van der Waals surface area contributed by atoms with E-state index in [1.54, 1.807) is 54.4 Å². The molecular weight excluding hydrogens is 402 g/mol. The number of phenols is 1. The minimum absolute atomic E-state index is 0.00486. The first-order valence-electron chi connectivity index (χ1n) is 10.2. The van der Waals surface area contributed by atoms with Crippen molar-refractivity contribution in [3.8, 4) is 5.75 Å². The number of halogens is 1. The SMILES string of the molecule is CCN(C)C(=O)c1cccc(C(=O)N[C@@H]2CCCN(Cc3cc(Cl)ccc3O)C2)c1. The molecule has 0 radical (unpaired) electrons. The molecule has 0 bridgehead atoms. The number of hydrogen-bond acceptors (Lipinski definition) is 4. The van der Waals surface area contributed by atoms with E-state index in [9.17, 15) is 14.7 Å². The third-order valence-corrected chi connectivity index (χ3v) is 5.70. The fourth-order valence-corrected chi connectivity index (χ4v) is 3.86. The van der Waals surface area contributed by atoms with Crippen molar-refractivity contribution < 1.29 is 14.7 Å². The van der Waals surface area contributed by atoms with E-state index < -0.39 is 0 Å². The van der Waals surface area contributed by atoms with Crippen molar-refractivity contribution in [2.75, 3.05) is 26.7 Å². The third-order valence-electron chi connectivity index (χ3n) is 5.47. The van der Waals surface area contributed by atoms with Gasteiger partial charge in [0.25, 0.3) is 11.8 Å². The van der Waals surface area contributed by atoms with Crippen LogP contribution in [0.4, 0.5) is 0 Å². The minimum Gasteiger partial charge on any atom is -0.508 e. The van der Waals surface area contributed by atoms with Gasteiger partial charge in [-0.25, -0.2) is 0 Å². The molecule has 7 heteroatoms. The average molecular weight is 430 g/mol. The number of amides is 2. The molecule has 2 aromatic rings. The van der Waals surface area contributed by atoms with Gasteiger partial charge in [0.2, 0.25) is 0 Å². The predicted molar refractivity (Wildman–Crippen MR) is 118 cm³/mol. The Balaban J connectivity index is 1.63. The number of carbonyl (C=O) groups excluding carboxylic acids is 2. The van der Waals surface area contributed by atoms with Gasteiger partial charge in [-0.15, -0.1) is 0 Å². The van der Waals surface area contributed by atoms with Crippen LogP contribution >= 0.6 is 11.6 Å². The van der Waals surface area contributed by atoms with E-state index in [4.69, 9.17) is 11.6 Å². The second-order valence-corrected chi connectivity index (χ2v) is 8.16. The lowest BCUT2D eigenvalue weighted by Gasteiger charge is -2.33. The molecular formula is C23H28ClN3O3. The van der Waals surface area contributed by atoms with Crippen molar-refractivity contribution in [1.29, 1.82) is 0 Å². The molecule has 2 aromatic carbocycles. The van der Waals surface area contributed by atoms with Gasteiger partial charge < -0.3 is 15.3 Å². The summed E-state index contributed by atoms with van der Waals surface area (Å²) in [6.45, 7) is 4.68. The van der Waals surface area contributed by atoms with Crippen LogP contribution in [0.3, 0.4) is 0 Å². The summed E-state index contributed by atoms with van der Waals surface area (Å²) < 4.78 is 0. The number of benzene rings is 2. The van der Waals surface area contributed by atoms with Crippen LogP contribution in [-0.2, 0) is 6.54 Å². The van der Waals surface area contributed by atoms with E-state index >= 15 is 0 Å². The first kappa shape index (κ1) is 22.1. The summed E-state index contributed by atoms with van der Waals surface area (Å²) in [5.41, 5.74) is 1.77. The largest absolute Gasteiger partial charge is 0.508 e. The van der Waals surface area contributed by atoms with E-state index in [1.807, 2.05) is 6.92 Å². The molecule has 0 aromatic heterocycles. The van der Waals surface area contributed by atoms with E-state index in [0.717, 1.165) is 24.9 Å². The highest BCUT2D eigenvalue weighted by atomic mass is 35.5. The maximum absolute atomic E-state index is 12.8. The normalized spacial score (nSPS) is 16.8. The Labute approximate surface area is 182 Å². The second-order valence-electron chi connectivity index (χ2n) is 7.72. The van der Waals surface area contributed by atoms with Crippen molar-refractivity contribution in [1.82, 2.24) is 15.1 Å². The highest BCUT2D eigenvalue weighted by Crippen LogP contribution is 2.24. The average Bonchev–Trinajstić information content (AvgIpc) is 2.75. The number of carbonyl (C=O) groups is 2. The number of hydrogen-bond donors (Lipinski definition) is 2. The summed E-state index contributed by atoms with van der Waals surface area (Å²) in [6.07, 6.45) is 1.84. The summed E-state index contributed by atoms with van der Waals surface area (Å²) in [4.78, 5) is 29.0. The predicted octanol–water partition coefficient (Wildman–Crippen LogP) is 3.53. The molecule has 1 aliphatic heterocycles. The Morgan fingerprint density at radius 2 is 2.00 bits per heavy atom. The molecule has 30 heavy (non-hydrogen) atoms. The van der Waals surface area contributed by atoms with Crippen molar-refractivity contribution >= 4 is 23.4 Å². The van der Waals surface area contributed by atoms with E-state index in [-0.39, 0.29) is 23.6 Å². The molecule has 2 N–H and O–H groups in total. The Morgan fingerprint density at radius 1 is 1.23 bits per heavy atom. The number of nitrogens with one attached hydrogen (secondary N) is 1. The number of phenolic OH excluding ortho intramolecular Hbond substituents is 1. The monoisotopic (exact) mass is 429 g/mol. The van der Waals surface area contributed by atoms with Gasteiger partial charge in [-0.2, -0.15) is 0 Å². The minimum atomic E-state index is -0.179. The van der Waals surface area contributed by atoms with Crippen molar-refractivity contribution in [3.63, 3.8) is 0 Å². The fraction of sp³-hybridized carbons (Fsp3) is 0.391. The number of likely N-dealkylation sites (tertiary alicyclic amines) is 1. The zero-order valence-electron chi connectivity index (χ0n) is 17.4. The molecule has 0 saturated carbocycles. The van der Waals surface area contributed by atoms with Crippen molar-refractivity contribution in [2.24, 2.45) is 0 Å². The lowest BCUT2D eigenvalue weighted by atomic mass is 10.0. The maximum atomic E-state index is 12.8. The molecule has 0 spiro atoms. The topological polar surface area (TPSA) is 72.9 Å². The molecule has 160 valence electrons. The molecule has 2 amide bonds. The molecule has 1 aliphatic rings. The number of piperidine rings is 1. The molecule has 1 heterocycles. The Bertz CT molecular complexity index is 918. The standard InChI is InChI=1S/C23H28ClN3O3/c1-3-26(2)23(30)17-7-4-6-16(12-17)22(29)25-20-8-5-11-27(15-20)14-18-13-19(24)9-10-21(18)28/h4,6-7,9-10,12-13,20,28H,3,5,8,11,14-15H2,1-2H3,(H,25,29)/t20-/m1/s1. The lowest BCUT2D eigenvalue weighted by Crippen LogP contribution is -2.47. The van der Waals surface area contributed by atoms with E-state index in [1.165, 1.54) is 0 Å². The zero-order valence-corrected chi connectivity index (χ0v) is 18.2. The quantitative estimate of drug-likeness (QED) is 0.736. The lowest BCUT2D eigenvalue weighted by molar-refractivity contribution is 0.0802. The van der Waals surface area contributed by atoms with E-state index in [2.05, 4.69) is 10.2 Å². The second kappa shape index (κ2) is 9.96.